The highest BCUT2D eigenvalue weighted by Crippen LogP contribution is 2.66. The minimum Gasteiger partial charge on any atom is -0.462 e. The number of ketones is 1. The van der Waals surface area contributed by atoms with Gasteiger partial charge < -0.3 is 9.47 Å². The molecule has 0 radical (unpaired) electrons. The van der Waals surface area contributed by atoms with E-state index in [0.717, 1.165) is 32.1 Å². The van der Waals surface area contributed by atoms with E-state index >= 15 is 0 Å². The predicted molar refractivity (Wildman–Crippen MR) is 87.1 cm³/mol. The summed E-state index contributed by atoms with van der Waals surface area (Å²) < 4.78 is 11.6. The summed E-state index contributed by atoms with van der Waals surface area (Å²) in [5.74, 6) is 2.39. The average Bonchev–Trinajstić information content (AvgIpc) is 3.19. The van der Waals surface area contributed by atoms with Crippen LogP contribution in [0.5, 0.6) is 0 Å². The molecule has 0 N–H and O–H groups in total. The third-order valence-electron chi connectivity index (χ3n) is 8.06. The molecule has 5 aliphatic rings. The Morgan fingerprint density at radius 2 is 2.00 bits per heavy atom. The maximum Gasteiger partial charge on any atom is 0.302 e. The standard InChI is InChI=1S/C20H26O4/c1-11(21)23-17-6-4-14-12-8-10-20-15(3-5-16(22)18(20)24-20)13(12)7-9-19(14,17)2/h3,5,12-15,17-18H,4,6-10H2,1-2H3/t12-,13+,14+,15-,17+,18-,19+,20-/m1/s1. The first-order valence-corrected chi connectivity index (χ1v) is 9.53. The molecule has 4 nitrogen and oxygen atoms in total. The van der Waals surface area contributed by atoms with Gasteiger partial charge in [-0.15, -0.1) is 0 Å². The van der Waals surface area contributed by atoms with Gasteiger partial charge in [-0.3, -0.25) is 9.59 Å². The highest BCUT2D eigenvalue weighted by atomic mass is 16.6. The number of esters is 1. The molecule has 1 heterocycles. The Bertz CT molecular complexity index is 640. The highest BCUT2D eigenvalue weighted by molar-refractivity contribution is 5.98. The molecule has 0 aromatic carbocycles. The van der Waals surface area contributed by atoms with Crippen LogP contribution in [0.15, 0.2) is 12.2 Å². The van der Waals surface area contributed by atoms with E-state index in [4.69, 9.17) is 9.47 Å². The van der Waals surface area contributed by atoms with Gasteiger partial charge in [0.15, 0.2) is 11.9 Å². The zero-order chi connectivity index (χ0) is 16.7. The molecule has 3 saturated carbocycles. The molecule has 0 unspecified atom stereocenters. The van der Waals surface area contributed by atoms with E-state index in [9.17, 15) is 9.59 Å². The summed E-state index contributed by atoms with van der Waals surface area (Å²) in [6, 6.07) is 0. The molecule has 8 atom stereocenters. The number of rotatable bonds is 1. The van der Waals surface area contributed by atoms with Gasteiger partial charge in [-0.2, -0.15) is 0 Å². The summed E-state index contributed by atoms with van der Waals surface area (Å²) in [5.41, 5.74) is -0.0238. The topological polar surface area (TPSA) is 55.9 Å². The fourth-order valence-electron chi connectivity index (χ4n) is 6.96. The Kier molecular flexibility index (Phi) is 2.97. The number of hydrogen-bond acceptors (Lipinski definition) is 4. The van der Waals surface area contributed by atoms with Gasteiger partial charge in [0.1, 0.15) is 11.7 Å². The van der Waals surface area contributed by atoms with E-state index in [1.807, 2.05) is 0 Å². The van der Waals surface area contributed by atoms with E-state index in [2.05, 4.69) is 13.0 Å². The zero-order valence-corrected chi connectivity index (χ0v) is 14.5. The van der Waals surface area contributed by atoms with Crippen molar-refractivity contribution in [2.24, 2.45) is 29.1 Å². The number of epoxide rings is 1. The molecule has 24 heavy (non-hydrogen) atoms. The van der Waals surface area contributed by atoms with E-state index < -0.39 is 0 Å². The van der Waals surface area contributed by atoms with Crippen LogP contribution in [-0.4, -0.2) is 29.6 Å². The van der Waals surface area contributed by atoms with E-state index in [1.165, 1.54) is 13.3 Å². The van der Waals surface area contributed by atoms with Crippen LogP contribution in [0.3, 0.4) is 0 Å². The summed E-state index contributed by atoms with van der Waals surface area (Å²) in [4.78, 5) is 23.5. The molecule has 0 aromatic rings. The van der Waals surface area contributed by atoms with Gasteiger partial charge in [0.05, 0.1) is 0 Å². The van der Waals surface area contributed by atoms with Crippen molar-refractivity contribution in [3.05, 3.63) is 12.2 Å². The van der Waals surface area contributed by atoms with Crippen molar-refractivity contribution >= 4 is 11.8 Å². The van der Waals surface area contributed by atoms with Crippen LogP contribution < -0.4 is 0 Å². The van der Waals surface area contributed by atoms with Gasteiger partial charge in [-0.25, -0.2) is 0 Å². The second-order valence-corrected chi connectivity index (χ2v) is 8.93. The minimum absolute atomic E-state index is 0.0882. The van der Waals surface area contributed by atoms with Gasteiger partial charge in [0.25, 0.3) is 0 Å². The Morgan fingerprint density at radius 1 is 1.21 bits per heavy atom. The van der Waals surface area contributed by atoms with Crippen molar-refractivity contribution in [1.82, 2.24) is 0 Å². The highest BCUT2D eigenvalue weighted by Gasteiger charge is 2.70. The maximum atomic E-state index is 12.0. The number of ether oxygens (including phenoxy) is 2. The fraction of sp³-hybridized carbons (Fsp3) is 0.800. The lowest BCUT2D eigenvalue weighted by molar-refractivity contribution is -0.156. The fourth-order valence-corrected chi connectivity index (χ4v) is 6.96. The summed E-state index contributed by atoms with van der Waals surface area (Å²) in [7, 11) is 0. The van der Waals surface area contributed by atoms with Crippen molar-refractivity contribution < 1.29 is 19.1 Å². The Morgan fingerprint density at radius 3 is 2.79 bits per heavy atom. The van der Waals surface area contributed by atoms with Crippen LogP contribution >= 0.6 is 0 Å². The monoisotopic (exact) mass is 330 g/mol. The second-order valence-electron chi connectivity index (χ2n) is 8.93. The zero-order valence-electron chi connectivity index (χ0n) is 14.5. The Balaban J connectivity index is 1.43. The van der Waals surface area contributed by atoms with E-state index in [0.29, 0.717) is 23.7 Å². The first-order valence-electron chi connectivity index (χ1n) is 9.53. The van der Waals surface area contributed by atoms with Crippen molar-refractivity contribution in [3.63, 3.8) is 0 Å². The van der Waals surface area contributed by atoms with Crippen LogP contribution in [0.25, 0.3) is 0 Å². The van der Waals surface area contributed by atoms with Crippen molar-refractivity contribution in [2.75, 3.05) is 0 Å². The molecule has 1 saturated heterocycles. The van der Waals surface area contributed by atoms with Gasteiger partial charge >= 0.3 is 5.97 Å². The molecule has 130 valence electrons. The van der Waals surface area contributed by atoms with Gasteiger partial charge in [-0.1, -0.05) is 13.0 Å². The number of fused-ring (bicyclic) bond motifs is 4. The van der Waals surface area contributed by atoms with E-state index in [-0.39, 0.29) is 35.0 Å². The summed E-state index contributed by atoms with van der Waals surface area (Å²) in [6.07, 6.45) is 10.5. The van der Waals surface area contributed by atoms with Crippen molar-refractivity contribution in [3.8, 4) is 0 Å². The summed E-state index contributed by atoms with van der Waals surface area (Å²) in [5, 5.41) is 0. The quantitative estimate of drug-likeness (QED) is 0.548. The molecule has 0 bridgehead atoms. The molecule has 1 spiro atoms. The molecule has 0 amide bonds. The SMILES string of the molecule is CC(=O)O[C@H]1CC[C@H]2[C@@H]3CC[C@]45O[C@@H]4C(=O)C=C[C@@H]5[C@H]3CC[C@]12C. The Labute approximate surface area is 143 Å². The third kappa shape index (κ3) is 1.78. The van der Waals surface area contributed by atoms with Crippen LogP contribution in [0.2, 0.25) is 0 Å². The first-order chi connectivity index (χ1) is 11.5. The Hall–Kier alpha value is -1.16. The molecule has 4 heteroatoms. The maximum absolute atomic E-state index is 12.0. The largest absolute Gasteiger partial charge is 0.462 e. The first kappa shape index (κ1) is 15.1. The molecule has 1 aliphatic heterocycles. The summed E-state index contributed by atoms with van der Waals surface area (Å²) in [6.45, 7) is 3.87. The molecule has 0 aromatic heterocycles. The normalized spacial score (nSPS) is 54.3. The third-order valence-corrected chi connectivity index (χ3v) is 8.06. The van der Waals surface area contributed by atoms with Crippen LogP contribution in [-0.2, 0) is 19.1 Å². The smallest absolute Gasteiger partial charge is 0.302 e. The molecule has 4 aliphatic carbocycles. The van der Waals surface area contributed by atoms with Crippen molar-refractivity contribution in [2.45, 2.75) is 70.2 Å². The molecule has 4 fully saturated rings. The number of hydrogen-bond donors (Lipinski definition) is 0. The van der Waals surface area contributed by atoms with Crippen LogP contribution in [0.1, 0.15) is 52.4 Å². The average molecular weight is 330 g/mol. The van der Waals surface area contributed by atoms with Gasteiger partial charge in [-0.05, 0) is 62.4 Å². The van der Waals surface area contributed by atoms with Gasteiger partial charge in [0.2, 0.25) is 0 Å². The van der Waals surface area contributed by atoms with Crippen molar-refractivity contribution in [1.29, 1.82) is 0 Å². The second kappa shape index (κ2) is 4.72. The lowest BCUT2D eigenvalue weighted by Gasteiger charge is -2.53. The molecular formula is C20H26O4. The van der Waals surface area contributed by atoms with Crippen LogP contribution in [0.4, 0.5) is 0 Å². The lowest BCUT2D eigenvalue weighted by atomic mass is 9.51. The minimum atomic E-state index is -0.158. The predicted octanol–water partition coefficient (Wildman–Crippen LogP) is 3.05. The van der Waals surface area contributed by atoms with Crippen LogP contribution in [0, 0.1) is 29.1 Å². The number of carbonyl (C=O) groups is 2. The van der Waals surface area contributed by atoms with Gasteiger partial charge in [0, 0.05) is 18.3 Å². The lowest BCUT2D eigenvalue weighted by Crippen LogP contribution is -2.52. The van der Waals surface area contributed by atoms with E-state index in [1.54, 1.807) is 6.08 Å². The number of carbonyl (C=O) groups excluding carboxylic acids is 2. The molecular weight excluding hydrogens is 304 g/mol. The summed E-state index contributed by atoms with van der Waals surface area (Å²) >= 11 is 0. The molecule has 5 rings (SSSR count).